The van der Waals surface area contributed by atoms with Crippen LogP contribution in [0.1, 0.15) is 40.4 Å². The van der Waals surface area contributed by atoms with E-state index >= 15 is 0 Å². The molecule has 0 aliphatic carbocycles. The Morgan fingerprint density at radius 2 is 1.66 bits per heavy atom. The Balaban J connectivity index is 1.62. The number of nitrogens with one attached hydrogen (secondary N) is 2. The lowest BCUT2D eigenvalue weighted by Gasteiger charge is -2.38. The van der Waals surface area contributed by atoms with Gasteiger partial charge in [-0.25, -0.2) is 4.79 Å². The van der Waals surface area contributed by atoms with Crippen LogP contribution in [0.3, 0.4) is 0 Å². The summed E-state index contributed by atoms with van der Waals surface area (Å²) >= 11 is 6.70. The standard InChI is InChI=1S/C29H23ClN2O3/c1-2-15-31-23-13-8-14-25-27(23)29(20-12-7-6-11-19(20)28(33)35-29)21-16-24(22(30)17-26(21)34-25)32-18-9-4-3-5-10-18/h3-14,16-17,31-32H,2,15H2,1H3. The summed E-state index contributed by atoms with van der Waals surface area (Å²) in [4.78, 5) is 13.2. The molecule has 0 bridgehead atoms. The van der Waals surface area contributed by atoms with E-state index in [0.717, 1.165) is 41.0 Å². The first-order valence-electron chi connectivity index (χ1n) is 11.7. The van der Waals surface area contributed by atoms with Crippen molar-refractivity contribution in [1.82, 2.24) is 0 Å². The van der Waals surface area contributed by atoms with Gasteiger partial charge in [0.05, 0.1) is 21.8 Å². The lowest BCUT2D eigenvalue weighted by Crippen LogP contribution is -2.34. The molecule has 2 heterocycles. The van der Waals surface area contributed by atoms with Crippen molar-refractivity contribution in [3.05, 3.63) is 112 Å². The fraction of sp³-hybridized carbons (Fsp3) is 0.138. The lowest BCUT2D eigenvalue weighted by atomic mass is 9.76. The number of hydrogen-bond acceptors (Lipinski definition) is 5. The Hall–Kier alpha value is -3.96. The molecule has 174 valence electrons. The number of fused-ring (bicyclic) bond motifs is 6. The van der Waals surface area contributed by atoms with Gasteiger partial charge < -0.3 is 20.1 Å². The van der Waals surface area contributed by atoms with Gasteiger partial charge in [-0.15, -0.1) is 0 Å². The van der Waals surface area contributed by atoms with E-state index in [0.29, 0.717) is 27.8 Å². The van der Waals surface area contributed by atoms with Crippen LogP contribution in [0.15, 0.2) is 84.9 Å². The minimum Gasteiger partial charge on any atom is -0.456 e. The van der Waals surface area contributed by atoms with Gasteiger partial charge in [0.1, 0.15) is 11.5 Å². The molecule has 0 aromatic heterocycles. The Morgan fingerprint density at radius 3 is 2.49 bits per heavy atom. The topological polar surface area (TPSA) is 59.6 Å². The van der Waals surface area contributed by atoms with Crippen molar-refractivity contribution in [3.63, 3.8) is 0 Å². The molecule has 2 N–H and O–H groups in total. The number of para-hydroxylation sites is 1. The molecule has 0 amide bonds. The SMILES string of the molecule is CCCNc1cccc2c1C1(OC(=O)c3ccccc31)c1cc(Nc3ccccc3)c(Cl)cc1O2. The second-order valence-electron chi connectivity index (χ2n) is 8.64. The molecule has 6 heteroatoms. The number of hydrogen-bond donors (Lipinski definition) is 2. The van der Waals surface area contributed by atoms with E-state index in [-0.39, 0.29) is 5.97 Å². The number of benzene rings is 4. The average molecular weight is 483 g/mol. The average Bonchev–Trinajstić information content (AvgIpc) is 3.17. The Morgan fingerprint density at radius 1 is 0.857 bits per heavy atom. The predicted molar refractivity (Wildman–Crippen MR) is 138 cm³/mol. The summed E-state index contributed by atoms with van der Waals surface area (Å²) in [7, 11) is 0. The molecule has 35 heavy (non-hydrogen) atoms. The Labute approximate surface area is 208 Å². The van der Waals surface area contributed by atoms with E-state index in [9.17, 15) is 4.79 Å². The molecule has 2 aliphatic heterocycles. The minimum absolute atomic E-state index is 0.364. The number of carbonyl (C=O) groups is 1. The monoisotopic (exact) mass is 482 g/mol. The molecule has 5 nitrogen and oxygen atoms in total. The molecule has 2 aliphatic rings. The van der Waals surface area contributed by atoms with Gasteiger partial charge in [-0.05, 0) is 42.8 Å². The third kappa shape index (κ3) is 3.34. The quantitative estimate of drug-likeness (QED) is 0.289. The third-order valence-corrected chi connectivity index (χ3v) is 6.75. The molecule has 1 spiro atoms. The van der Waals surface area contributed by atoms with Crippen molar-refractivity contribution in [2.75, 3.05) is 17.2 Å². The zero-order chi connectivity index (χ0) is 24.0. The summed E-state index contributed by atoms with van der Waals surface area (Å²) in [6.07, 6.45) is 0.950. The first-order valence-corrected chi connectivity index (χ1v) is 12.0. The molecule has 4 aromatic carbocycles. The summed E-state index contributed by atoms with van der Waals surface area (Å²) in [5.41, 5.74) is 4.12. The molecular weight excluding hydrogens is 460 g/mol. The number of esters is 1. The van der Waals surface area contributed by atoms with Gasteiger partial charge in [-0.2, -0.15) is 0 Å². The molecule has 1 atom stereocenters. The molecule has 4 aromatic rings. The molecule has 0 radical (unpaired) electrons. The van der Waals surface area contributed by atoms with E-state index < -0.39 is 5.60 Å². The van der Waals surface area contributed by atoms with Gasteiger partial charge in [-0.1, -0.05) is 61.0 Å². The highest BCUT2D eigenvalue weighted by atomic mass is 35.5. The van der Waals surface area contributed by atoms with Gasteiger partial charge in [0.2, 0.25) is 0 Å². The molecule has 6 rings (SSSR count). The van der Waals surface area contributed by atoms with Gasteiger partial charge >= 0.3 is 5.97 Å². The van der Waals surface area contributed by atoms with Gasteiger partial charge in [0, 0.05) is 35.1 Å². The van der Waals surface area contributed by atoms with Gasteiger partial charge in [0.15, 0.2) is 5.60 Å². The molecule has 0 saturated carbocycles. The first kappa shape index (κ1) is 21.6. The maximum Gasteiger partial charge on any atom is 0.340 e. The van der Waals surface area contributed by atoms with E-state index in [2.05, 4.69) is 17.6 Å². The highest BCUT2D eigenvalue weighted by Crippen LogP contribution is 2.59. The van der Waals surface area contributed by atoms with Crippen LogP contribution in [-0.4, -0.2) is 12.5 Å². The normalized spacial score (nSPS) is 17.1. The smallest absolute Gasteiger partial charge is 0.340 e. The van der Waals surface area contributed by atoms with Crippen LogP contribution in [0.4, 0.5) is 17.1 Å². The van der Waals surface area contributed by atoms with Crippen molar-refractivity contribution >= 4 is 34.6 Å². The van der Waals surface area contributed by atoms with Crippen LogP contribution in [0.25, 0.3) is 0 Å². The zero-order valence-corrected chi connectivity index (χ0v) is 19.9. The number of carbonyl (C=O) groups excluding carboxylic acids is 1. The van der Waals surface area contributed by atoms with Crippen molar-refractivity contribution < 1.29 is 14.3 Å². The Bertz CT molecular complexity index is 1450. The second kappa shape index (κ2) is 8.36. The van der Waals surface area contributed by atoms with Crippen molar-refractivity contribution in [2.45, 2.75) is 18.9 Å². The fourth-order valence-corrected chi connectivity index (χ4v) is 5.13. The maximum atomic E-state index is 13.2. The summed E-state index contributed by atoms with van der Waals surface area (Å²) in [5, 5.41) is 7.40. The Kier molecular flexibility index (Phi) is 5.15. The van der Waals surface area contributed by atoms with Crippen molar-refractivity contribution in [3.8, 4) is 11.5 Å². The van der Waals surface area contributed by atoms with Crippen LogP contribution in [0.5, 0.6) is 11.5 Å². The molecule has 0 fully saturated rings. The fourth-order valence-electron chi connectivity index (χ4n) is 4.93. The summed E-state index contributed by atoms with van der Waals surface area (Å²) in [6, 6.07) is 26.9. The third-order valence-electron chi connectivity index (χ3n) is 6.44. The highest BCUT2D eigenvalue weighted by Gasteiger charge is 2.54. The molecule has 1 unspecified atom stereocenters. The molecular formula is C29H23ClN2O3. The van der Waals surface area contributed by atoms with E-state index in [1.165, 1.54) is 0 Å². The molecule has 0 saturated heterocycles. The van der Waals surface area contributed by atoms with Crippen LogP contribution in [0.2, 0.25) is 5.02 Å². The number of anilines is 3. The van der Waals surface area contributed by atoms with Gasteiger partial charge in [0.25, 0.3) is 0 Å². The van der Waals surface area contributed by atoms with E-state index in [1.807, 2.05) is 78.9 Å². The van der Waals surface area contributed by atoms with Crippen LogP contribution in [-0.2, 0) is 10.3 Å². The minimum atomic E-state index is -1.17. The van der Waals surface area contributed by atoms with Crippen LogP contribution >= 0.6 is 11.6 Å². The zero-order valence-electron chi connectivity index (χ0n) is 19.1. The predicted octanol–water partition coefficient (Wildman–Crippen LogP) is 7.47. The summed E-state index contributed by atoms with van der Waals surface area (Å²) < 4.78 is 12.7. The van der Waals surface area contributed by atoms with Crippen LogP contribution < -0.4 is 15.4 Å². The number of rotatable bonds is 5. The van der Waals surface area contributed by atoms with E-state index in [1.54, 1.807) is 6.07 Å². The number of ether oxygens (including phenoxy) is 2. The first-order chi connectivity index (χ1) is 17.1. The summed E-state index contributed by atoms with van der Waals surface area (Å²) in [6.45, 7) is 2.88. The second-order valence-corrected chi connectivity index (χ2v) is 9.05. The van der Waals surface area contributed by atoms with Crippen molar-refractivity contribution in [2.24, 2.45) is 0 Å². The van der Waals surface area contributed by atoms with Crippen molar-refractivity contribution in [1.29, 1.82) is 0 Å². The lowest BCUT2D eigenvalue weighted by molar-refractivity contribution is 0.0227. The number of halogens is 1. The van der Waals surface area contributed by atoms with Gasteiger partial charge in [-0.3, -0.25) is 0 Å². The summed E-state index contributed by atoms with van der Waals surface area (Å²) in [5.74, 6) is 0.818. The maximum absolute atomic E-state index is 13.2. The largest absolute Gasteiger partial charge is 0.456 e. The van der Waals surface area contributed by atoms with E-state index in [4.69, 9.17) is 21.1 Å². The highest BCUT2D eigenvalue weighted by molar-refractivity contribution is 6.33. The van der Waals surface area contributed by atoms with Crippen LogP contribution in [0, 0.1) is 0 Å².